The molecule has 4 heterocycles. The first-order valence-electron chi connectivity index (χ1n) is 50.0. The molecule has 0 atom stereocenters. The highest BCUT2D eigenvalue weighted by Crippen LogP contribution is 2.46. The van der Waals surface area contributed by atoms with Crippen LogP contribution < -0.4 is 0 Å². The highest BCUT2D eigenvalue weighted by atomic mass is 32.1. The second-order valence-electron chi connectivity index (χ2n) is 37.1. The van der Waals surface area contributed by atoms with E-state index in [0.717, 1.165) is 112 Å². The molecule has 0 amide bonds. The topological polar surface area (TPSA) is 62.5 Å². The molecule has 0 saturated carbocycles. The molecule has 0 aliphatic carbocycles. The summed E-state index contributed by atoms with van der Waals surface area (Å²) in [5, 5.41) is 15.3. The van der Waals surface area contributed by atoms with Gasteiger partial charge in [0.1, 0.15) is 0 Å². The first kappa shape index (κ1) is 91.5. The molecular formula is C142H94N4S2. The zero-order valence-electron chi connectivity index (χ0n) is 80.9. The smallest absolute Gasteiger partial charge is 0.160 e. The number of rotatable bonds is 19. The summed E-state index contributed by atoms with van der Waals surface area (Å²) in [6, 6.07) is 205. The Kier molecular flexibility index (Phi) is 25.9. The van der Waals surface area contributed by atoms with E-state index in [1.54, 1.807) is 0 Å². The number of nitrogens with zero attached hydrogens (tertiary/aromatic N) is 4. The maximum atomic E-state index is 9.97. The van der Waals surface area contributed by atoms with Crippen molar-refractivity contribution < 1.29 is 0 Å². The second-order valence-corrected chi connectivity index (χ2v) is 39.2. The minimum Gasteiger partial charge on any atom is -0.248 e. The number of thiophene rings is 2. The Labute approximate surface area is 870 Å². The van der Waals surface area contributed by atoms with Crippen molar-refractivity contribution in [1.29, 1.82) is 5.26 Å². The number of nitriles is 1. The van der Waals surface area contributed by atoms with Crippen LogP contribution in [0.15, 0.2) is 570 Å². The van der Waals surface area contributed by atoms with Gasteiger partial charge in [-0.3, -0.25) is 0 Å². The summed E-state index contributed by atoms with van der Waals surface area (Å²) >= 11 is 3.75. The van der Waals surface area contributed by atoms with Gasteiger partial charge in [0, 0.05) is 68.2 Å². The molecule has 0 fully saturated rings. The van der Waals surface area contributed by atoms with Crippen LogP contribution in [0.5, 0.6) is 0 Å². The molecule has 0 saturated heterocycles. The minimum absolute atomic E-state index is 0.644. The minimum atomic E-state index is 0.644. The van der Waals surface area contributed by atoms with Crippen LogP contribution >= 0.6 is 22.7 Å². The molecule has 6 heteroatoms. The predicted molar refractivity (Wildman–Crippen MR) is 626 cm³/mol. The van der Waals surface area contributed by atoms with Crippen LogP contribution in [0.1, 0.15) is 5.56 Å². The van der Waals surface area contributed by atoms with Gasteiger partial charge in [-0.1, -0.05) is 485 Å². The number of fused-ring (bicyclic) bond motifs is 6. The molecule has 694 valence electrons. The van der Waals surface area contributed by atoms with Gasteiger partial charge in [0.15, 0.2) is 5.82 Å². The van der Waals surface area contributed by atoms with Crippen molar-refractivity contribution in [2.75, 3.05) is 0 Å². The lowest BCUT2D eigenvalue weighted by molar-refractivity contribution is 1.18. The second kappa shape index (κ2) is 41.9. The van der Waals surface area contributed by atoms with E-state index in [4.69, 9.17) is 15.0 Å². The predicted octanol–water partition coefficient (Wildman–Crippen LogP) is 39.5. The van der Waals surface area contributed by atoms with Crippen molar-refractivity contribution in [1.82, 2.24) is 15.0 Å². The fraction of sp³-hybridized carbons (Fsp3) is 0. The van der Waals surface area contributed by atoms with Crippen molar-refractivity contribution in [2.45, 2.75) is 0 Å². The van der Waals surface area contributed by atoms with E-state index < -0.39 is 0 Å². The Morgan fingerprint density at radius 1 is 0.142 bits per heavy atom. The zero-order chi connectivity index (χ0) is 98.8. The van der Waals surface area contributed by atoms with Crippen LogP contribution in [0.3, 0.4) is 0 Å². The summed E-state index contributed by atoms with van der Waals surface area (Å²) in [6.45, 7) is 0. The highest BCUT2D eigenvalue weighted by Gasteiger charge is 2.20. The molecule has 4 aromatic heterocycles. The van der Waals surface area contributed by atoms with Gasteiger partial charge in [0.05, 0.1) is 34.4 Å². The average molecular weight is 1920 g/mol. The molecule has 0 aliphatic rings. The van der Waals surface area contributed by atoms with Crippen molar-refractivity contribution in [3.05, 3.63) is 576 Å². The molecule has 0 spiro atoms. The fourth-order valence-electron chi connectivity index (χ4n) is 20.0. The summed E-state index contributed by atoms with van der Waals surface area (Å²) in [4.78, 5) is 15.1. The van der Waals surface area contributed by atoms with Crippen LogP contribution in [0.4, 0.5) is 0 Å². The summed E-state index contributed by atoms with van der Waals surface area (Å²) in [6.07, 6.45) is 0. The maximum absolute atomic E-state index is 9.97. The fourth-order valence-corrected chi connectivity index (χ4v) is 22.5. The maximum Gasteiger partial charge on any atom is 0.160 e. The molecule has 26 rings (SSSR count). The van der Waals surface area contributed by atoms with Gasteiger partial charge >= 0.3 is 0 Å². The Morgan fingerprint density at radius 2 is 0.351 bits per heavy atom. The molecule has 0 radical (unpaired) electrons. The van der Waals surface area contributed by atoms with Crippen LogP contribution in [-0.4, -0.2) is 15.0 Å². The van der Waals surface area contributed by atoms with Crippen LogP contribution in [0, 0.1) is 11.3 Å². The highest BCUT2D eigenvalue weighted by molar-refractivity contribution is 7.26. The molecule has 0 unspecified atom stereocenters. The normalized spacial score (nSPS) is 11.1. The standard InChI is InChI=1S/C49H33N.C47H31NS.C46H30N2S/c50-34-35-29-48(33-49(30-35)47-16-8-15-46(32-47)41-23-19-39(20-24-41)37-11-5-2-6-12-37)43-27-25-42(26-28-43)45-14-7-13-44(31-45)40-21-17-38(18-22-40)36-9-3-1-4-10-36;1-3-12-34(13-4-1)44-30-40(31-45(48-44)35-14-5-2-6-15-35)38-18-9-16-36(28-38)32-24-26-33(27-25-32)37-17-10-19-39(29-37)41-21-11-22-43-42-20-7-8-23-46(42)49-47(41)43;1-3-12-33(13-4-1)42-30-43(48-46(47-42)34-14-5-2-6-15-34)38-19-10-17-36(29-38)32-26-24-31(25-27-32)35-16-9-18-37(28-35)39-21-11-22-41-40-20-7-8-23-44(40)49-45(39)41/h1-33H;1-31H;1-30H. The van der Waals surface area contributed by atoms with Gasteiger partial charge in [-0.15, -0.1) is 22.7 Å². The average Bonchev–Trinajstić information content (AvgIpc) is 1.62. The Hall–Kier alpha value is -19.0. The van der Waals surface area contributed by atoms with Crippen molar-refractivity contribution >= 4 is 63.0 Å². The van der Waals surface area contributed by atoms with Crippen molar-refractivity contribution in [3.8, 4) is 218 Å². The van der Waals surface area contributed by atoms with E-state index in [9.17, 15) is 5.26 Å². The molecule has 26 aromatic rings. The van der Waals surface area contributed by atoms with E-state index in [2.05, 4.69) is 504 Å². The molecule has 4 nitrogen and oxygen atoms in total. The van der Waals surface area contributed by atoms with E-state index in [1.807, 2.05) is 95.5 Å². The third-order valence-corrected chi connectivity index (χ3v) is 30.2. The Morgan fingerprint density at radius 3 is 0.689 bits per heavy atom. The third-order valence-electron chi connectivity index (χ3n) is 27.7. The van der Waals surface area contributed by atoms with Gasteiger partial charge in [0.2, 0.25) is 0 Å². The number of benzene rings is 22. The monoisotopic (exact) mass is 1920 g/mol. The summed E-state index contributed by atoms with van der Waals surface area (Å²) < 4.78 is 5.34. The first-order valence-corrected chi connectivity index (χ1v) is 51.6. The quantitative estimate of drug-likeness (QED) is 0.0809. The summed E-state index contributed by atoms with van der Waals surface area (Å²) in [5.41, 5.74) is 42.7. The number of pyridine rings is 1. The Balaban J connectivity index is 0.000000119. The van der Waals surface area contributed by atoms with Crippen molar-refractivity contribution in [3.63, 3.8) is 0 Å². The molecule has 0 aliphatic heterocycles. The zero-order valence-corrected chi connectivity index (χ0v) is 82.5. The van der Waals surface area contributed by atoms with Gasteiger partial charge in [-0.2, -0.15) is 5.26 Å². The third kappa shape index (κ3) is 19.8. The molecule has 0 bridgehead atoms. The molecular weight excluding hydrogens is 1830 g/mol. The molecule has 148 heavy (non-hydrogen) atoms. The summed E-state index contributed by atoms with van der Waals surface area (Å²) in [5.74, 6) is 0.720. The lowest BCUT2D eigenvalue weighted by Crippen LogP contribution is -1.96. The van der Waals surface area contributed by atoms with Crippen molar-refractivity contribution in [2.24, 2.45) is 0 Å². The summed E-state index contributed by atoms with van der Waals surface area (Å²) in [7, 11) is 0. The lowest BCUT2D eigenvalue weighted by atomic mass is 9.93. The van der Waals surface area contributed by atoms with E-state index >= 15 is 0 Å². The van der Waals surface area contributed by atoms with E-state index in [-0.39, 0.29) is 0 Å². The van der Waals surface area contributed by atoms with E-state index in [0.29, 0.717) is 5.56 Å². The molecule has 0 N–H and O–H groups in total. The molecule has 22 aromatic carbocycles. The van der Waals surface area contributed by atoms with Gasteiger partial charge in [0.25, 0.3) is 0 Å². The van der Waals surface area contributed by atoms with Crippen LogP contribution in [-0.2, 0) is 0 Å². The van der Waals surface area contributed by atoms with Crippen LogP contribution in [0.2, 0.25) is 0 Å². The number of aromatic nitrogens is 3. The van der Waals surface area contributed by atoms with Gasteiger partial charge in [-0.25, -0.2) is 15.0 Å². The largest absolute Gasteiger partial charge is 0.248 e. The first-order chi connectivity index (χ1) is 73.2. The Bertz CT molecular complexity index is 8840. The van der Waals surface area contributed by atoms with Gasteiger partial charge < -0.3 is 0 Å². The van der Waals surface area contributed by atoms with E-state index in [1.165, 1.54) is 140 Å². The van der Waals surface area contributed by atoms with Crippen LogP contribution in [0.25, 0.3) is 253 Å². The number of hydrogen-bond donors (Lipinski definition) is 0. The van der Waals surface area contributed by atoms with Gasteiger partial charge in [-0.05, 0) is 241 Å². The SMILES string of the molecule is N#Cc1cc(-c2ccc(-c3cccc(-c4ccc(-c5ccccc5)cc4)c3)cc2)cc(-c2cccc(-c3ccc(-c4ccccc4)cc3)c2)c1.c1ccc(-c2cc(-c3cccc(-c4ccc(-c5cccc(-c6cccc7c6sc6ccccc67)c5)cc4)c3)cc(-c3ccccc3)n2)cc1.c1ccc(-c2cc(-c3cccc(-c4ccc(-c5cccc(-c6cccc7c6sc6ccccc67)c5)cc4)c3)nc(-c3ccccc3)n2)cc1. The lowest BCUT2D eigenvalue weighted by Gasteiger charge is -2.12. The number of hydrogen-bond acceptors (Lipinski definition) is 6.